The minimum atomic E-state index is -4.36. The first kappa shape index (κ1) is 9.97. The number of aromatic amines is 1. The molecule has 1 aromatic heterocycles. The van der Waals surface area contributed by atoms with Gasteiger partial charge >= 0.3 is 6.18 Å². The van der Waals surface area contributed by atoms with Gasteiger partial charge in [0.05, 0.1) is 0 Å². The summed E-state index contributed by atoms with van der Waals surface area (Å²) in [5.41, 5.74) is -0.782. The van der Waals surface area contributed by atoms with Crippen LogP contribution >= 0.6 is 34.8 Å². The summed E-state index contributed by atoms with van der Waals surface area (Å²) in [5.74, 6) is 0. The first-order valence-electron chi connectivity index (χ1n) is 2.87. The molecule has 0 unspecified atom stereocenters. The maximum absolute atomic E-state index is 12.1. The van der Waals surface area contributed by atoms with E-state index in [2.05, 4.69) is 17.2 Å². The zero-order valence-electron chi connectivity index (χ0n) is 5.57. The predicted molar refractivity (Wildman–Crippen MR) is 49.3 cm³/mol. The molecule has 0 aliphatic carbocycles. The van der Waals surface area contributed by atoms with Crippen molar-refractivity contribution in [2.24, 2.45) is 0 Å². The standard InChI is InChI=1S/C6H3F3INS/c7-6(8,9)5-3(10)1-2-4(12)11-5/h1-2H,(H,11,12). The second kappa shape index (κ2) is 3.33. The van der Waals surface area contributed by atoms with E-state index < -0.39 is 11.9 Å². The molecule has 0 saturated carbocycles. The summed E-state index contributed by atoms with van der Waals surface area (Å²) < 4.78 is 36.6. The molecule has 0 saturated heterocycles. The summed E-state index contributed by atoms with van der Waals surface area (Å²) in [6, 6.07) is 2.76. The maximum Gasteiger partial charge on any atom is 0.432 e. The Labute approximate surface area is 85.1 Å². The summed E-state index contributed by atoms with van der Waals surface area (Å²) in [6.45, 7) is 0. The first-order chi connectivity index (χ1) is 5.41. The fourth-order valence-corrected chi connectivity index (χ4v) is 1.45. The molecule has 0 fully saturated rings. The number of halogens is 4. The van der Waals surface area contributed by atoms with Gasteiger partial charge in [-0.1, -0.05) is 12.2 Å². The Balaban J connectivity index is 3.33. The van der Waals surface area contributed by atoms with Crippen molar-refractivity contribution in [2.75, 3.05) is 0 Å². The fraction of sp³-hybridized carbons (Fsp3) is 0.167. The third-order valence-corrected chi connectivity index (χ3v) is 2.29. The third-order valence-electron chi connectivity index (χ3n) is 1.15. The van der Waals surface area contributed by atoms with Gasteiger partial charge in [0.15, 0.2) is 0 Å². The molecule has 0 atom stereocenters. The van der Waals surface area contributed by atoms with Crippen LogP contribution in [-0.4, -0.2) is 4.98 Å². The van der Waals surface area contributed by atoms with Gasteiger partial charge < -0.3 is 4.98 Å². The highest BCUT2D eigenvalue weighted by atomic mass is 127. The smallest absolute Gasteiger partial charge is 0.342 e. The van der Waals surface area contributed by atoms with E-state index in [-0.39, 0.29) is 8.21 Å². The van der Waals surface area contributed by atoms with Gasteiger partial charge in [0.1, 0.15) is 10.3 Å². The topological polar surface area (TPSA) is 15.8 Å². The Kier molecular flexibility index (Phi) is 2.77. The lowest BCUT2D eigenvalue weighted by Gasteiger charge is -2.07. The minimum Gasteiger partial charge on any atom is -0.342 e. The van der Waals surface area contributed by atoms with Crippen LogP contribution in [-0.2, 0) is 6.18 Å². The first-order valence-corrected chi connectivity index (χ1v) is 4.36. The highest BCUT2D eigenvalue weighted by Gasteiger charge is 2.33. The van der Waals surface area contributed by atoms with Gasteiger partial charge in [0.2, 0.25) is 0 Å². The van der Waals surface area contributed by atoms with E-state index in [1.807, 2.05) is 0 Å². The molecule has 1 nitrogen and oxygen atoms in total. The maximum atomic E-state index is 12.1. The van der Waals surface area contributed by atoms with Crippen molar-refractivity contribution in [3.63, 3.8) is 0 Å². The Morgan fingerprint density at radius 2 is 1.92 bits per heavy atom. The molecule has 0 bridgehead atoms. The zero-order valence-corrected chi connectivity index (χ0v) is 8.55. The molecule has 1 rings (SSSR count). The van der Waals surface area contributed by atoms with Gasteiger partial charge in [-0.3, -0.25) is 0 Å². The van der Waals surface area contributed by atoms with Crippen molar-refractivity contribution >= 4 is 34.8 Å². The Morgan fingerprint density at radius 1 is 1.33 bits per heavy atom. The predicted octanol–water partition coefficient (Wildman–Crippen LogP) is 3.37. The van der Waals surface area contributed by atoms with E-state index in [9.17, 15) is 13.2 Å². The molecule has 0 radical (unpaired) electrons. The van der Waals surface area contributed by atoms with Crippen molar-refractivity contribution in [1.29, 1.82) is 0 Å². The van der Waals surface area contributed by atoms with E-state index in [1.165, 1.54) is 12.1 Å². The quantitative estimate of drug-likeness (QED) is 0.574. The lowest BCUT2D eigenvalue weighted by atomic mass is 10.3. The van der Waals surface area contributed by atoms with E-state index in [0.717, 1.165) is 0 Å². The molecular weight excluding hydrogens is 302 g/mol. The van der Waals surface area contributed by atoms with Crippen LogP contribution < -0.4 is 0 Å². The molecule has 0 amide bonds. The molecule has 0 aliphatic rings. The number of nitrogens with one attached hydrogen (secondary N) is 1. The van der Waals surface area contributed by atoms with E-state index in [4.69, 9.17) is 0 Å². The SMILES string of the molecule is FC(F)(F)c1[nH]c(=S)ccc1I. The highest BCUT2D eigenvalue weighted by Crippen LogP contribution is 2.30. The molecular formula is C6H3F3INS. The van der Waals surface area contributed by atoms with Crippen molar-refractivity contribution in [3.05, 3.63) is 26.0 Å². The summed E-state index contributed by atoms with van der Waals surface area (Å²) in [6.07, 6.45) is -4.36. The van der Waals surface area contributed by atoms with Crippen LogP contribution in [0.4, 0.5) is 13.2 Å². The molecule has 66 valence electrons. The number of alkyl halides is 3. The summed E-state index contributed by atoms with van der Waals surface area (Å²) in [5, 5.41) is 0. The van der Waals surface area contributed by atoms with Crippen LogP contribution in [0.5, 0.6) is 0 Å². The van der Waals surface area contributed by atoms with Crippen molar-refractivity contribution in [1.82, 2.24) is 4.98 Å². The Morgan fingerprint density at radius 3 is 2.33 bits per heavy atom. The molecule has 1 aromatic rings. The fourth-order valence-electron chi connectivity index (χ4n) is 0.663. The van der Waals surface area contributed by atoms with Crippen LogP contribution in [0.2, 0.25) is 0 Å². The zero-order chi connectivity index (χ0) is 9.35. The van der Waals surface area contributed by atoms with Crippen LogP contribution in [0.1, 0.15) is 5.69 Å². The number of H-pyrrole nitrogens is 1. The minimum absolute atomic E-state index is 0.0859. The number of hydrogen-bond acceptors (Lipinski definition) is 1. The molecule has 6 heteroatoms. The van der Waals surface area contributed by atoms with E-state index >= 15 is 0 Å². The van der Waals surface area contributed by atoms with Gasteiger partial charge in [-0.25, -0.2) is 0 Å². The van der Waals surface area contributed by atoms with Gasteiger partial charge in [-0.05, 0) is 34.7 Å². The molecule has 0 aromatic carbocycles. The second-order valence-electron chi connectivity index (χ2n) is 2.04. The highest BCUT2D eigenvalue weighted by molar-refractivity contribution is 14.1. The summed E-state index contributed by atoms with van der Waals surface area (Å²) in [7, 11) is 0. The van der Waals surface area contributed by atoms with E-state index in [1.54, 1.807) is 22.6 Å². The monoisotopic (exact) mass is 305 g/mol. The largest absolute Gasteiger partial charge is 0.432 e. The molecule has 0 aliphatic heterocycles. The van der Waals surface area contributed by atoms with Crippen LogP contribution in [0, 0.1) is 8.21 Å². The Hall–Kier alpha value is -0.110. The molecule has 1 N–H and O–H groups in total. The number of pyridine rings is 1. The van der Waals surface area contributed by atoms with Gasteiger partial charge in [-0.2, -0.15) is 13.2 Å². The van der Waals surface area contributed by atoms with Gasteiger partial charge in [0, 0.05) is 3.57 Å². The summed E-state index contributed by atoms with van der Waals surface area (Å²) in [4.78, 5) is 2.10. The Bertz CT molecular complexity index is 343. The van der Waals surface area contributed by atoms with E-state index in [0.29, 0.717) is 0 Å². The summed E-state index contributed by atoms with van der Waals surface area (Å²) >= 11 is 6.17. The lowest BCUT2D eigenvalue weighted by molar-refractivity contribution is -0.141. The van der Waals surface area contributed by atoms with Crippen molar-refractivity contribution < 1.29 is 13.2 Å². The van der Waals surface area contributed by atoms with Gasteiger partial charge in [-0.15, -0.1) is 0 Å². The third kappa shape index (κ3) is 2.19. The normalized spacial score (nSPS) is 11.7. The average Bonchev–Trinajstić information content (AvgIpc) is 1.92. The lowest BCUT2D eigenvalue weighted by Crippen LogP contribution is -2.10. The van der Waals surface area contributed by atoms with Crippen molar-refractivity contribution in [3.8, 4) is 0 Å². The number of rotatable bonds is 0. The second-order valence-corrected chi connectivity index (χ2v) is 3.65. The van der Waals surface area contributed by atoms with Crippen LogP contribution in [0.25, 0.3) is 0 Å². The van der Waals surface area contributed by atoms with Crippen LogP contribution in [0.15, 0.2) is 12.1 Å². The van der Waals surface area contributed by atoms with Gasteiger partial charge in [0.25, 0.3) is 0 Å². The molecule has 12 heavy (non-hydrogen) atoms. The number of hydrogen-bond donors (Lipinski definition) is 1. The molecule has 1 heterocycles. The van der Waals surface area contributed by atoms with Crippen LogP contribution in [0.3, 0.4) is 0 Å². The number of aromatic nitrogens is 1. The average molecular weight is 305 g/mol. The van der Waals surface area contributed by atoms with Crippen molar-refractivity contribution in [2.45, 2.75) is 6.18 Å². The molecule has 0 spiro atoms.